The lowest BCUT2D eigenvalue weighted by Gasteiger charge is -2.25. The van der Waals surface area contributed by atoms with Gasteiger partial charge in [-0.25, -0.2) is 4.39 Å². The molecule has 1 aromatic heterocycles. The Kier molecular flexibility index (Phi) is 4.74. The van der Waals surface area contributed by atoms with Gasteiger partial charge in [0.1, 0.15) is 11.4 Å². The summed E-state index contributed by atoms with van der Waals surface area (Å²) < 4.78 is 20.2. The first-order valence-corrected chi connectivity index (χ1v) is 10.6. The summed E-state index contributed by atoms with van der Waals surface area (Å²) in [4.78, 5) is 28.5. The van der Waals surface area contributed by atoms with Gasteiger partial charge < -0.3 is 9.32 Å². The van der Waals surface area contributed by atoms with Crippen LogP contribution in [0.5, 0.6) is 0 Å². The van der Waals surface area contributed by atoms with Crippen LogP contribution in [0.25, 0.3) is 11.0 Å². The number of amides is 1. The van der Waals surface area contributed by atoms with Crippen LogP contribution in [0, 0.1) is 12.7 Å². The van der Waals surface area contributed by atoms with Gasteiger partial charge in [-0.1, -0.05) is 51.8 Å². The minimum atomic E-state index is -0.605. The number of rotatable bonds is 3. The van der Waals surface area contributed by atoms with E-state index in [9.17, 15) is 14.0 Å². The maximum atomic E-state index is 13.5. The van der Waals surface area contributed by atoms with Crippen molar-refractivity contribution < 1.29 is 13.6 Å². The predicted molar refractivity (Wildman–Crippen MR) is 119 cm³/mol. The fourth-order valence-electron chi connectivity index (χ4n) is 4.11. The highest BCUT2D eigenvalue weighted by Crippen LogP contribution is 2.39. The normalized spacial score (nSPS) is 15.5. The zero-order valence-electron chi connectivity index (χ0n) is 16.6. The molecule has 0 fully saturated rings. The highest BCUT2D eigenvalue weighted by molar-refractivity contribution is 9.10. The molecule has 31 heavy (non-hydrogen) atoms. The van der Waals surface area contributed by atoms with Crippen molar-refractivity contribution in [2.75, 3.05) is 0 Å². The Morgan fingerprint density at radius 2 is 1.81 bits per heavy atom. The molecule has 0 bridgehead atoms. The van der Waals surface area contributed by atoms with Crippen LogP contribution in [0.2, 0.25) is 0 Å². The van der Waals surface area contributed by atoms with Gasteiger partial charge in [-0.15, -0.1) is 0 Å². The molecule has 0 saturated carbocycles. The van der Waals surface area contributed by atoms with Crippen molar-refractivity contribution in [1.82, 2.24) is 4.90 Å². The van der Waals surface area contributed by atoms with Gasteiger partial charge in [0.05, 0.1) is 17.0 Å². The van der Waals surface area contributed by atoms with Gasteiger partial charge in [0.25, 0.3) is 5.91 Å². The molecule has 4 nitrogen and oxygen atoms in total. The van der Waals surface area contributed by atoms with Crippen molar-refractivity contribution in [3.05, 3.63) is 115 Å². The third-order valence-corrected chi connectivity index (χ3v) is 6.05. The van der Waals surface area contributed by atoms with Crippen LogP contribution >= 0.6 is 15.9 Å². The summed E-state index contributed by atoms with van der Waals surface area (Å²) in [6.07, 6.45) is 0. The molecule has 0 radical (unpaired) electrons. The minimum Gasteiger partial charge on any atom is -0.450 e. The molecular formula is C25H17BrFNO3. The number of nitrogens with zero attached hydrogens (tertiary/aromatic N) is 1. The van der Waals surface area contributed by atoms with E-state index in [2.05, 4.69) is 15.9 Å². The van der Waals surface area contributed by atoms with Gasteiger partial charge in [-0.05, 0) is 54.4 Å². The second-order valence-corrected chi connectivity index (χ2v) is 8.61. The van der Waals surface area contributed by atoms with Gasteiger partial charge in [0, 0.05) is 11.0 Å². The molecule has 0 saturated heterocycles. The van der Waals surface area contributed by atoms with Crippen molar-refractivity contribution in [1.29, 1.82) is 0 Å². The van der Waals surface area contributed by atoms with Gasteiger partial charge in [-0.3, -0.25) is 9.59 Å². The lowest BCUT2D eigenvalue weighted by molar-refractivity contribution is 0.0714. The molecule has 0 spiro atoms. The maximum Gasteiger partial charge on any atom is 0.291 e. The number of benzene rings is 3. The van der Waals surface area contributed by atoms with E-state index in [0.717, 1.165) is 21.2 Å². The fourth-order valence-corrected chi connectivity index (χ4v) is 4.52. The van der Waals surface area contributed by atoms with E-state index >= 15 is 0 Å². The molecule has 2 heterocycles. The van der Waals surface area contributed by atoms with Crippen molar-refractivity contribution in [3.63, 3.8) is 0 Å². The van der Waals surface area contributed by atoms with Crippen LogP contribution in [0.4, 0.5) is 4.39 Å². The van der Waals surface area contributed by atoms with Crippen molar-refractivity contribution in [2.45, 2.75) is 19.5 Å². The van der Waals surface area contributed by atoms with E-state index < -0.39 is 6.04 Å². The standard InChI is InChI=1S/C25H17BrFNO3/c1-14-5-10-20-19(11-14)23(29)21-22(16-3-2-4-17(26)12-16)28(25(30)24(21)31-20)13-15-6-8-18(27)9-7-15/h2-12,22H,13H2,1H3. The molecular weight excluding hydrogens is 461 g/mol. The zero-order valence-corrected chi connectivity index (χ0v) is 18.1. The largest absolute Gasteiger partial charge is 0.450 e. The van der Waals surface area contributed by atoms with Crippen molar-refractivity contribution in [2.24, 2.45) is 0 Å². The first kappa shape index (κ1) is 19.7. The molecule has 0 N–H and O–H groups in total. The highest BCUT2D eigenvalue weighted by Gasteiger charge is 2.42. The van der Waals surface area contributed by atoms with Crippen LogP contribution in [0.15, 0.2) is 80.4 Å². The highest BCUT2D eigenvalue weighted by atomic mass is 79.9. The number of hydrogen-bond donors (Lipinski definition) is 0. The van der Waals surface area contributed by atoms with Crippen molar-refractivity contribution >= 4 is 32.8 Å². The summed E-state index contributed by atoms with van der Waals surface area (Å²) in [6.45, 7) is 2.12. The number of carbonyl (C=O) groups excluding carboxylic acids is 1. The Bertz CT molecular complexity index is 1390. The Hall–Kier alpha value is -3.25. The van der Waals surface area contributed by atoms with Gasteiger partial charge in [-0.2, -0.15) is 0 Å². The topological polar surface area (TPSA) is 50.5 Å². The summed E-state index contributed by atoms with van der Waals surface area (Å²) in [7, 11) is 0. The number of hydrogen-bond acceptors (Lipinski definition) is 3. The maximum absolute atomic E-state index is 13.5. The van der Waals surface area contributed by atoms with Gasteiger partial charge >= 0.3 is 0 Å². The third kappa shape index (κ3) is 3.37. The molecule has 4 aromatic rings. The average molecular weight is 478 g/mol. The van der Waals surface area contributed by atoms with E-state index in [1.54, 1.807) is 29.2 Å². The van der Waals surface area contributed by atoms with Crippen molar-refractivity contribution in [3.8, 4) is 0 Å². The second kappa shape index (κ2) is 7.46. The minimum absolute atomic E-state index is 0.0634. The summed E-state index contributed by atoms with van der Waals surface area (Å²) in [6, 6.07) is 18.3. The molecule has 1 aliphatic heterocycles. The Balaban J connectivity index is 1.73. The van der Waals surface area contributed by atoms with Crippen LogP contribution in [-0.2, 0) is 6.54 Å². The molecule has 1 atom stereocenters. The molecule has 154 valence electrons. The van der Waals surface area contributed by atoms with E-state index in [0.29, 0.717) is 16.5 Å². The number of carbonyl (C=O) groups is 1. The predicted octanol–water partition coefficient (Wildman–Crippen LogP) is 5.75. The molecule has 3 aromatic carbocycles. The number of fused-ring (bicyclic) bond motifs is 2. The number of aryl methyl sites for hydroxylation is 1. The van der Waals surface area contributed by atoms with E-state index in [1.807, 2.05) is 37.3 Å². The summed E-state index contributed by atoms with van der Waals surface area (Å²) in [5, 5.41) is 0.454. The quantitative estimate of drug-likeness (QED) is 0.377. The fraction of sp³-hybridized carbons (Fsp3) is 0.120. The molecule has 1 amide bonds. The summed E-state index contributed by atoms with van der Waals surface area (Å²) >= 11 is 3.48. The first-order valence-electron chi connectivity index (χ1n) is 9.80. The SMILES string of the molecule is Cc1ccc2oc3c(c(=O)c2c1)C(c1cccc(Br)c1)N(Cc1ccc(F)cc1)C3=O. The second-order valence-electron chi connectivity index (χ2n) is 7.69. The summed E-state index contributed by atoms with van der Waals surface area (Å²) in [5.41, 5.74) is 3.01. The van der Waals surface area contributed by atoms with E-state index in [-0.39, 0.29) is 29.5 Å². The third-order valence-electron chi connectivity index (χ3n) is 5.55. The molecule has 1 unspecified atom stereocenters. The Morgan fingerprint density at radius 3 is 2.55 bits per heavy atom. The van der Waals surface area contributed by atoms with Crippen LogP contribution < -0.4 is 5.43 Å². The smallest absolute Gasteiger partial charge is 0.291 e. The zero-order chi connectivity index (χ0) is 21.7. The van der Waals surface area contributed by atoms with Crippen LogP contribution in [0.1, 0.15) is 38.9 Å². The Morgan fingerprint density at radius 1 is 1.03 bits per heavy atom. The Labute approximate surface area is 186 Å². The average Bonchev–Trinajstić information content (AvgIpc) is 3.02. The van der Waals surface area contributed by atoms with E-state index in [1.165, 1.54) is 12.1 Å². The molecule has 6 heteroatoms. The lowest BCUT2D eigenvalue weighted by Crippen LogP contribution is -2.29. The summed E-state index contributed by atoms with van der Waals surface area (Å²) in [5.74, 6) is -0.640. The monoisotopic (exact) mass is 477 g/mol. The van der Waals surface area contributed by atoms with Gasteiger partial charge in [0.15, 0.2) is 5.43 Å². The van der Waals surface area contributed by atoms with E-state index in [4.69, 9.17) is 4.42 Å². The van der Waals surface area contributed by atoms with Gasteiger partial charge in [0.2, 0.25) is 5.76 Å². The molecule has 0 aliphatic carbocycles. The number of halogens is 2. The first-order chi connectivity index (χ1) is 14.9. The van der Waals surface area contributed by atoms with Crippen LogP contribution in [0.3, 0.4) is 0 Å². The molecule has 1 aliphatic rings. The van der Waals surface area contributed by atoms with Crippen LogP contribution in [-0.4, -0.2) is 10.8 Å². The lowest BCUT2D eigenvalue weighted by atomic mass is 9.98. The molecule has 5 rings (SSSR count).